The molecule has 26 heavy (non-hydrogen) atoms. The van der Waals surface area contributed by atoms with Crippen LogP contribution in [0.4, 0.5) is 4.39 Å². The smallest absolute Gasteiger partial charge is 0.220 e. The molecule has 1 atom stereocenters. The summed E-state index contributed by atoms with van der Waals surface area (Å²) in [5.74, 6) is 0.930. The number of amides is 1. The molecule has 0 spiro atoms. The van der Waals surface area contributed by atoms with Gasteiger partial charge in [0.15, 0.2) is 0 Å². The first-order valence-electron chi connectivity index (χ1n) is 9.40. The zero-order chi connectivity index (χ0) is 18.4. The van der Waals surface area contributed by atoms with Crippen LogP contribution in [0, 0.1) is 17.7 Å². The Labute approximate surface area is 154 Å². The van der Waals surface area contributed by atoms with Crippen molar-refractivity contribution in [1.29, 1.82) is 0 Å². The van der Waals surface area contributed by atoms with Crippen molar-refractivity contribution in [3.8, 4) is 5.69 Å². The number of halogens is 1. The number of benzene rings is 1. The van der Waals surface area contributed by atoms with E-state index in [4.69, 9.17) is 0 Å². The van der Waals surface area contributed by atoms with Crippen molar-refractivity contribution >= 4 is 5.91 Å². The van der Waals surface area contributed by atoms with Gasteiger partial charge in [0.2, 0.25) is 5.91 Å². The maximum atomic E-state index is 13.0. The second-order valence-electron chi connectivity index (χ2n) is 7.10. The van der Waals surface area contributed by atoms with Crippen LogP contribution in [-0.4, -0.2) is 35.3 Å². The number of rotatable bonds is 7. The first kappa shape index (κ1) is 18.6. The summed E-state index contributed by atoms with van der Waals surface area (Å²) in [4.78, 5) is 12.2. The number of nitrogens with one attached hydrogen (secondary N) is 2. The van der Waals surface area contributed by atoms with E-state index >= 15 is 0 Å². The molecule has 1 aromatic carbocycles. The summed E-state index contributed by atoms with van der Waals surface area (Å²) in [5.41, 5.74) is 1.72. The Bertz CT molecular complexity index is 707. The fourth-order valence-electron chi connectivity index (χ4n) is 3.51. The zero-order valence-corrected chi connectivity index (χ0v) is 15.2. The van der Waals surface area contributed by atoms with Gasteiger partial charge in [0.1, 0.15) is 5.82 Å². The number of piperidine rings is 1. The number of nitrogens with zero attached hydrogens (tertiary/aromatic N) is 2. The van der Waals surface area contributed by atoms with Gasteiger partial charge in [-0.25, -0.2) is 9.07 Å². The van der Waals surface area contributed by atoms with Crippen molar-refractivity contribution in [2.24, 2.45) is 11.8 Å². The molecule has 2 heterocycles. The standard InChI is InChI=1S/C20H27FN4O/c1-15(16-6-10-22-11-7-16)14-20(26)23-12-8-18-9-13-25(24-18)19-4-2-17(21)3-5-19/h2-5,9,13,15-16,22H,6-8,10-12,14H2,1H3,(H,23,26). The van der Waals surface area contributed by atoms with Gasteiger partial charge in [-0.3, -0.25) is 4.79 Å². The summed E-state index contributed by atoms with van der Waals surface area (Å²) in [7, 11) is 0. The van der Waals surface area contributed by atoms with Crippen LogP contribution >= 0.6 is 0 Å². The Morgan fingerprint density at radius 2 is 2.04 bits per heavy atom. The summed E-state index contributed by atoms with van der Waals surface area (Å²) in [6.45, 7) is 4.89. The minimum absolute atomic E-state index is 0.119. The Hall–Kier alpha value is -2.21. The maximum Gasteiger partial charge on any atom is 0.220 e. The number of hydrogen-bond donors (Lipinski definition) is 2. The molecule has 1 fully saturated rings. The molecule has 1 amide bonds. The SMILES string of the molecule is CC(CC(=O)NCCc1ccn(-c2ccc(F)cc2)n1)C1CCNCC1. The molecule has 0 radical (unpaired) electrons. The number of carbonyl (C=O) groups is 1. The summed E-state index contributed by atoms with van der Waals surface area (Å²) < 4.78 is 14.7. The molecule has 2 aromatic rings. The van der Waals surface area contributed by atoms with Crippen molar-refractivity contribution in [3.05, 3.63) is 48.0 Å². The second kappa shape index (κ2) is 8.94. The Morgan fingerprint density at radius 3 is 2.77 bits per heavy atom. The molecule has 6 heteroatoms. The third kappa shape index (κ3) is 5.14. The highest BCUT2D eigenvalue weighted by Gasteiger charge is 2.21. The minimum atomic E-state index is -0.262. The Morgan fingerprint density at radius 1 is 1.31 bits per heavy atom. The molecule has 140 valence electrons. The van der Waals surface area contributed by atoms with Gasteiger partial charge in [-0.1, -0.05) is 6.92 Å². The van der Waals surface area contributed by atoms with Crippen LogP contribution in [0.2, 0.25) is 0 Å². The average molecular weight is 358 g/mol. The van der Waals surface area contributed by atoms with Gasteiger partial charge in [0.05, 0.1) is 11.4 Å². The first-order chi connectivity index (χ1) is 12.6. The molecule has 0 aliphatic carbocycles. The average Bonchev–Trinajstić information content (AvgIpc) is 3.12. The van der Waals surface area contributed by atoms with Gasteiger partial charge in [-0.05, 0) is 68.1 Å². The predicted octanol–water partition coefficient (Wildman–Crippen LogP) is 2.70. The fraction of sp³-hybridized carbons (Fsp3) is 0.500. The van der Waals surface area contributed by atoms with Crippen LogP contribution in [0.3, 0.4) is 0 Å². The van der Waals surface area contributed by atoms with Crippen LogP contribution in [0.1, 0.15) is 31.9 Å². The summed E-state index contributed by atoms with van der Waals surface area (Å²) >= 11 is 0. The molecule has 1 aliphatic rings. The van der Waals surface area contributed by atoms with E-state index in [1.54, 1.807) is 16.8 Å². The van der Waals surface area contributed by atoms with Gasteiger partial charge in [-0.15, -0.1) is 0 Å². The summed E-state index contributed by atoms with van der Waals surface area (Å²) in [6, 6.07) is 8.14. The normalized spacial score (nSPS) is 16.4. The lowest BCUT2D eigenvalue weighted by atomic mass is 9.84. The molecule has 0 saturated carbocycles. The van der Waals surface area contributed by atoms with Gasteiger partial charge in [-0.2, -0.15) is 5.10 Å². The third-order valence-corrected chi connectivity index (χ3v) is 5.13. The molecule has 1 aliphatic heterocycles. The lowest BCUT2D eigenvalue weighted by Gasteiger charge is -2.27. The summed E-state index contributed by atoms with van der Waals surface area (Å²) in [6.07, 6.45) is 5.45. The van der Waals surface area contributed by atoms with Crippen molar-refractivity contribution in [3.63, 3.8) is 0 Å². The molecule has 5 nitrogen and oxygen atoms in total. The molecule has 1 aromatic heterocycles. The van der Waals surface area contributed by atoms with E-state index in [-0.39, 0.29) is 11.7 Å². The van der Waals surface area contributed by atoms with E-state index in [1.807, 2.05) is 12.3 Å². The van der Waals surface area contributed by atoms with E-state index in [2.05, 4.69) is 22.7 Å². The second-order valence-corrected chi connectivity index (χ2v) is 7.10. The monoisotopic (exact) mass is 358 g/mol. The predicted molar refractivity (Wildman–Crippen MR) is 99.6 cm³/mol. The van der Waals surface area contributed by atoms with Gasteiger partial charge in [0.25, 0.3) is 0 Å². The van der Waals surface area contributed by atoms with Gasteiger partial charge >= 0.3 is 0 Å². The Kier molecular flexibility index (Phi) is 6.39. The molecule has 1 saturated heterocycles. The first-order valence-corrected chi connectivity index (χ1v) is 9.40. The number of carbonyl (C=O) groups excluding carboxylic acids is 1. The lowest BCUT2D eigenvalue weighted by molar-refractivity contribution is -0.122. The Balaban J connectivity index is 1.41. The maximum absolute atomic E-state index is 13.0. The van der Waals surface area contributed by atoms with Crippen molar-refractivity contribution < 1.29 is 9.18 Å². The van der Waals surface area contributed by atoms with Crippen molar-refractivity contribution in [1.82, 2.24) is 20.4 Å². The van der Waals surface area contributed by atoms with Crippen LogP contribution in [0.25, 0.3) is 5.69 Å². The van der Waals surface area contributed by atoms with E-state index in [0.29, 0.717) is 31.2 Å². The quantitative estimate of drug-likeness (QED) is 0.800. The van der Waals surface area contributed by atoms with Crippen molar-refractivity contribution in [2.75, 3.05) is 19.6 Å². The van der Waals surface area contributed by atoms with Crippen LogP contribution in [0.5, 0.6) is 0 Å². The molecular weight excluding hydrogens is 331 g/mol. The highest BCUT2D eigenvalue weighted by molar-refractivity contribution is 5.76. The summed E-state index contributed by atoms with van der Waals surface area (Å²) in [5, 5.41) is 10.8. The number of hydrogen-bond acceptors (Lipinski definition) is 3. The highest BCUT2D eigenvalue weighted by atomic mass is 19.1. The fourth-order valence-corrected chi connectivity index (χ4v) is 3.51. The van der Waals surface area contributed by atoms with E-state index in [9.17, 15) is 9.18 Å². The van der Waals surface area contributed by atoms with Gasteiger partial charge < -0.3 is 10.6 Å². The van der Waals surface area contributed by atoms with Crippen LogP contribution < -0.4 is 10.6 Å². The third-order valence-electron chi connectivity index (χ3n) is 5.13. The molecule has 1 unspecified atom stereocenters. The van der Waals surface area contributed by atoms with Crippen LogP contribution in [-0.2, 0) is 11.2 Å². The van der Waals surface area contributed by atoms with E-state index < -0.39 is 0 Å². The van der Waals surface area contributed by atoms with E-state index in [0.717, 1.165) is 37.3 Å². The van der Waals surface area contributed by atoms with Crippen molar-refractivity contribution in [2.45, 2.75) is 32.6 Å². The van der Waals surface area contributed by atoms with Crippen LogP contribution in [0.15, 0.2) is 36.5 Å². The molecule has 3 rings (SSSR count). The minimum Gasteiger partial charge on any atom is -0.356 e. The lowest BCUT2D eigenvalue weighted by Crippen LogP contribution is -2.34. The molecular formula is C20H27FN4O. The van der Waals surface area contributed by atoms with E-state index in [1.165, 1.54) is 12.1 Å². The number of aromatic nitrogens is 2. The zero-order valence-electron chi connectivity index (χ0n) is 15.2. The largest absolute Gasteiger partial charge is 0.356 e. The highest BCUT2D eigenvalue weighted by Crippen LogP contribution is 2.24. The topological polar surface area (TPSA) is 59.0 Å². The molecule has 2 N–H and O–H groups in total. The van der Waals surface area contributed by atoms with Gasteiger partial charge in [0, 0.05) is 25.6 Å². The molecule has 0 bridgehead atoms.